The van der Waals surface area contributed by atoms with Crippen molar-refractivity contribution in [1.82, 2.24) is 4.90 Å². The van der Waals surface area contributed by atoms with E-state index in [-0.39, 0.29) is 6.10 Å². The molecule has 0 aliphatic carbocycles. The zero-order chi connectivity index (χ0) is 13.5. The van der Waals surface area contributed by atoms with Gasteiger partial charge in [0.15, 0.2) is 0 Å². The lowest BCUT2D eigenvalue weighted by Gasteiger charge is -2.27. The summed E-state index contributed by atoms with van der Waals surface area (Å²) in [7, 11) is 2.05. The van der Waals surface area contributed by atoms with Crippen LogP contribution in [0.25, 0.3) is 0 Å². The summed E-state index contributed by atoms with van der Waals surface area (Å²) in [5.41, 5.74) is 0. The Bertz CT molecular complexity index is 383. The molecular formula is C14H20ClNO3. The molecule has 0 saturated carbocycles. The van der Waals surface area contributed by atoms with Gasteiger partial charge in [0.2, 0.25) is 0 Å². The molecule has 1 aromatic rings. The van der Waals surface area contributed by atoms with Crippen LogP contribution in [0, 0.1) is 0 Å². The molecule has 1 aliphatic heterocycles. The Balaban J connectivity index is 1.64. The smallest absolute Gasteiger partial charge is 0.120 e. The molecule has 1 saturated heterocycles. The van der Waals surface area contributed by atoms with Crippen molar-refractivity contribution in [3.63, 3.8) is 0 Å². The van der Waals surface area contributed by atoms with Gasteiger partial charge >= 0.3 is 0 Å². The van der Waals surface area contributed by atoms with Gasteiger partial charge in [-0.2, -0.15) is 0 Å². The molecule has 1 fully saturated rings. The van der Waals surface area contributed by atoms with E-state index in [1.54, 1.807) is 0 Å². The zero-order valence-corrected chi connectivity index (χ0v) is 11.9. The van der Waals surface area contributed by atoms with E-state index in [1.165, 1.54) is 0 Å². The first-order valence-electron chi connectivity index (χ1n) is 6.50. The number of ether oxygens (including phenoxy) is 3. The summed E-state index contributed by atoms with van der Waals surface area (Å²) in [6.45, 7) is 4.41. The highest BCUT2D eigenvalue weighted by Crippen LogP contribution is 2.16. The minimum atomic E-state index is 0.171. The van der Waals surface area contributed by atoms with Gasteiger partial charge in [0, 0.05) is 18.1 Å². The van der Waals surface area contributed by atoms with Gasteiger partial charge in [0.05, 0.1) is 25.9 Å². The van der Waals surface area contributed by atoms with Gasteiger partial charge in [-0.3, -0.25) is 0 Å². The lowest BCUT2D eigenvalue weighted by atomic mass is 10.3. The summed E-state index contributed by atoms with van der Waals surface area (Å²) < 4.78 is 16.6. The molecule has 1 heterocycles. The van der Waals surface area contributed by atoms with E-state index in [0.29, 0.717) is 31.5 Å². The van der Waals surface area contributed by atoms with Crippen LogP contribution in [-0.2, 0) is 9.47 Å². The average molecular weight is 286 g/mol. The lowest BCUT2D eigenvalue weighted by Crippen LogP contribution is -2.39. The third kappa shape index (κ3) is 5.37. The normalized spacial score (nSPS) is 19.6. The molecular weight excluding hydrogens is 266 g/mol. The molecule has 0 radical (unpaired) electrons. The predicted molar refractivity (Wildman–Crippen MR) is 75.0 cm³/mol. The molecule has 1 aromatic carbocycles. The molecule has 0 N–H and O–H groups in total. The van der Waals surface area contributed by atoms with Crippen LogP contribution in [0.3, 0.4) is 0 Å². The second-order valence-electron chi connectivity index (χ2n) is 4.64. The maximum absolute atomic E-state index is 5.89. The van der Waals surface area contributed by atoms with Crippen molar-refractivity contribution in [2.24, 2.45) is 0 Å². The molecule has 106 valence electrons. The zero-order valence-electron chi connectivity index (χ0n) is 11.2. The third-order valence-electron chi connectivity index (χ3n) is 2.94. The van der Waals surface area contributed by atoms with E-state index in [2.05, 4.69) is 11.9 Å². The van der Waals surface area contributed by atoms with Crippen LogP contribution in [0.1, 0.15) is 0 Å². The van der Waals surface area contributed by atoms with E-state index >= 15 is 0 Å². The minimum Gasteiger partial charge on any atom is -0.492 e. The highest BCUT2D eigenvalue weighted by molar-refractivity contribution is 6.30. The second-order valence-corrected chi connectivity index (χ2v) is 5.07. The van der Waals surface area contributed by atoms with Gasteiger partial charge < -0.3 is 19.1 Å². The largest absolute Gasteiger partial charge is 0.492 e. The number of hydrogen-bond donors (Lipinski definition) is 0. The molecule has 4 nitrogen and oxygen atoms in total. The fourth-order valence-corrected chi connectivity index (χ4v) is 2.14. The van der Waals surface area contributed by atoms with Crippen molar-refractivity contribution in [2.45, 2.75) is 6.10 Å². The van der Waals surface area contributed by atoms with E-state index in [1.807, 2.05) is 24.3 Å². The van der Waals surface area contributed by atoms with Crippen molar-refractivity contribution in [2.75, 3.05) is 46.6 Å². The Labute approximate surface area is 119 Å². The second kappa shape index (κ2) is 7.70. The van der Waals surface area contributed by atoms with Crippen LogP contribution in [0.4, 0.5) is 0 Å². The molecule has 5 heteroatoms. The fraction of sp³-hybridized carbons (Fsp3) is 0.571. The summed E-state index contributed by atoms with van der Waals surface area (Å²) in [5, 5.41) is 0.693. The summed E-state index contributed by atoms with van der Waals surface area (Å²) in [6.07, 6.45) is 0.171. The Morgan fingerprint density at radius 1 is 1.42 bits per heavy atom. The fourth-order valence-electron chi connectivity index (χ4n) is 1.96. The van der Waals surface area contributed by atoms with E-state index in [9.17, 15) is 0 Å². The SMILES string of the molecule is CN(CCOc1cccc(Cl)c1)CC1COCCO1. The maximum Gasteiger partial charge on any atom is 0.120 e. The topological polar surface area (TPSA) is 30.9 Å². The van der Waals surface area contributed by atoms with Crippen molar-refractivity contribution >= 4 is 11.6 Å². The Morgan fingerprint density at radius 3 is 3.05 bits per heavy atom. The highest BCUT2D eigenvalue weighted by Gasteiger charge is 2.16. The van der Waals surface area contributed by atoms with Gasteiger partial charge in [-0.15, -0.1) is 0 Å². The molecule has 19 heavy (non-hydrogen) atoms. The minimum absolute atomic E-state index is 0.171. The summed E-state index contributed by atoms with van der Waals surface area (Å²) in [6, 6.07) is 7.44. The number of rotatable bonds is 6. The van der Waals surface area contributed by atoms with Crippen molar-refractivity contribution in [3.8, 4) is 5.75 Å². The van der Waals surface area contributed by atoms with Gasteiger partial charge in [0.25, 0.3) is 0 Å². The standard InChI is InChI=1S/C14H20ClNO3/c1-16(10-14-11-17-7-8-19-14)5-6-18-13-4-2-3-12(15)9-13/h2-4,9,14H,5-8,10-11H2,1H3. The molecule has 0 aromatic heterocycles. The van der Waals surface area contributed by atoms with Gasteiger partial charge in [-0.1, -0.05) is 17.7 Å². The molecule has 1 atom stereocenters. The average Bonchev–Trinajstić information content (AvgIpc) is 2.40. The Kier molecular flexibility index (Phi) is 5.92. The maximum atomic E-state index is 5.89. The summed E-state index contributed by atoms with van der Waals surface area (Å²) in [4.78, 5) is 2.18. The highest BCUT2D eigenvalue weighted by atomic mass is 35.5. The molecule has 1 unspecified atom stereocenters. The molecule has 1 aliphatic rings. The van der Waals surface area contributed by atoms with Crippen LogP contribution in [0.2, 0.25) is 5.02 Å². The lowest BCUT2D eigenvalue weighted by molar-refractivity contribution is -0.0961. The first kappa shape index (κ1) is 14.6. The Morgan fingerprint density at radius 2 is 2.32 bits per heavy atom. The first-order valence-corrected chi connectivity index (χ1v) is 6.88. The van der Waals surface area contributed by atoms with Crippen LogP contribution in [-0.4, -0.2) is 57.6 Å². The number of halogens is 1. The van der Waals surface area contributed by atoms with Crippen molar-refractivity contribution in [1.29, 1.82) is 0 Å². The van der Waals surface area contributed by atoms with Gasteiger partial charge in [0.1, 0.15) is 12.4 Å². The number of nitrogens with zero attached hydrogens (tertiary/aromatic N) is 1. The monoisotopic (exact) mass is 285 g/mol. The molecule has 2 rings (SSSR count). The quantitative estimate of drug-likeness (QED) is 0.801. The van der Waals surface area contributed by atoms with Crippen LogP contribution in [0.5, 0.6) is 5.75 Å². The van der Waals surface area contributed by atoms with Crippen LogP contribution >= 0.6 is 11.6 Å². The van der Waals surface area contributed by atoms with Crippen molar-refractivity contribution in [3.05, 3.63) is 29.3 Å². The number of benzene rings is 1. The van der Waals surface area contributed by atoms with E-state index in [4.69, 9.17) is 25.8 Å². The van der Waals surface area contributed by atoms with E-state index < -0.39 is 0 Å². The summed E-state index contributed by atoms with van der Waals surface area (Å²) in [5.74, 6) is 0.804. The van der Waals surface area contributed by atoms with Crippen molar-refractivity contribution < 1.29 is 14.2 Å². The number of hydrogen-bond acceptors (Lipinski definition) is 4. The van der Waals surface area contributed by atoms with Gasteiger partial charge in [-0.05, 0) is 25.2 Å². The third-order valence-corrected chi connectivity index (χ3v) is 3.17. The molecule has 0 amide bonds. The number of likely N-dealkylation sites (N-methyl/N-ethyl adjacent to an activating group) is 1. The molecule has 0 bridgehead atoms. The van der Waals surface area contributed by atoms with Crippen LogP contribution < -0.4 is 4.74 Å². The van der Waals surface area contributed by atoms with Gasteiger partial charge in [-0.25, -0.2) is 0 Å². The first-order chi connectivity index (χ1) is 9.24. The molecule has 0 spiro atoms. The van der Waals surface area contributed by atoms with Crippen LogP contribution in [0.15, 0.2) is 24.3 Å². The summed E-state index contributed by atoms with van der Waals surface area (Å²) >= 11 is 5.89. The Hall–Kier alpha value is -0.810. The predicted octanol–water partition coefficient (Wildman–Crippen LogP) is 2.07. The van der Waals surface area contributed by atoms with E-state index in [0.717, 1.165) is 18.8 Å².